The van der Waals surface area contributed by atoms with E-state index in [-0.39, 0.29) is 12.2 Å². The van der Waals surface area contributed by atoms with Crippen LogP contribution in [0.25, 0.3) is 0 Å². The number of para-hydroxylation sites is 1. The van der Waals surface area contributed by atoms with E-state index in [0.717, 1.165) is 16.9 Å². The van der Waals surface area contributed by atoms with Gasteiger partial charge in [0.15, 0.2) is 0 Å². The molecule has 0 aliphatic carbocycles. The Morgan fingerprint density at radius 2 is 1.80 bits per heavy atom. The van der Waals surface area contributed by atoms with Crippen LogP contribution >= 0.6 is 0 Å². The van der Waals surface area contributed by atoms with Crippen LogP contribution in [0.5, 0.6) is 5.75 Å². The third-order valence-corrected chi connectivity index (χ3v) is 3.78. The number of aromatic carboxylic acids is 1. The Hall–Kier alpha value is -2.37. The SMILES string of the molecule is COc1ccccc1C(CNCc1ccc(C(=O)O)cc1)OC(C)C. The van der Waals surface area contributed by atoms with Gasteiger partial charge in [-0.15, -0.1) is 0 Å². The summed E-state index contributed by atoms with van der Waals surface area (Å²) in [5.41, 5.74) is 2.32. The van der Waals surface area contributed by atoms with Crippen molar-refractivity contribution in [1.29, 1.82) is 0 Å². The summed E-state index contributed by atoms with van der Waals surface area (Å²) in [6.45, 7) is 5.27. The van der Waals surface area contributed by atoms with Crippen LogP contribution in [0.3, 0.4) is 0 Å². The molecule has 0 heterocycles. The number of hydrogen-bond donors (Lipinski definition) is 2. The van der Waals surface area contributed by atoms with Crippen molar-refractivity contribution in [1.82, 2.24) is 5.32 Å². The second kappa shape index (κ2) is 9.20. The first kappa shape index (κ1) is 19.0. The first-order valence-electron chi connectivity index (χ1n) is 8.32. The van der Waals surface area contributed by atoms with Gasteiger partial charge in [-0.25, -0.2) is 4.79 Å². The summed E-state index contributed by atoms with van der Waals surface area (Å²) in [4.78, 5) is 10.9. The molecule has 2 aromatic rings. The molecule has 0 fully saturated rings. The zero-order valence-electron chi connectivity index (χ0n) is 14.9. The maximum absolute atomic E-state index is 10.9. The van der Waals surface area contributed by atoms with E-state index < -0.39 is 5.97 Å². The lowest BCUT2D eigenvalue weighted by molar-refractivity contribution is 0.00577. The van der Waals surface area contributed by atoms with Crippen LogP contribution in [-0.2, 0) is 11.3 Å². The molecule has 134 valence electrons. The number of rotatable bonds is 9. The van der Waals surface area contributed by atoms with Gasteiger partial charge in [0.25, 0.3) is 0 Å². The van der Waals surface area contributed by atoms with Crippen LogP contribution in [0.4, 0.5) is 0 Å². The Kier molecular flexibility index (Phi) is 6.98. The number of carboxylic acid groups (broad SMARTS) is 1. The highest BCUT2D eigenvalue weighted by atomic mass is 16.5. The van der Waals surface area contributed by atoms with Crippen molar-refractivity contribution >= 4 is 5.97 Å². The van der Waals surface area contributed by atoms with E-state index in [0.29, 0.717) is 18.7 Å². The molecule has 0 aromatic heterocycles. The standard InChI is InChI=1S/C20H25NO4/c1-14(2)25-19(17-6-4-5-7-18(17)24-3)13-21-12-15-8-10-16(11-9-15)20(22)23/h4-11,14,19,21H,12-13H2,1-3H3,(H,22,23). The molecule has 1 atom stereocenters. The molecule has 0 bridgehead atoms. The summed E-state index contributed by atoms with van der Waals surface area (Å²) in [5.74, 6) is -0.109. The van der Waals surface area contributed by atoms with E-state index in [2.05, 4.69) is 5.32 Å². The van der Waals surface area contributed by atoms with Gasteiger partial charge in [-0.3, -0.25) is 0 Å². The van der Waals surface area contributed by atoms with Gasteiger partial charge >= 0.3 is 5.97 Å². The summed E-state index contributed by atoms with van der Waals surface area (Å²) in [7, 11) is 1.66. The zero-order chi connectivity index (χ0) is 18.2. The molecular formula is C20H25NO4. The minimum atomic E-state index is -0.916. The predicted octanol–water partition coefficient (Wildman–Crippen LogP) is 3.65. The molecule has 0 spiro atoms. The van der Waals surface area contributed by atoms with Gasteiger partial charge in [-0.05, 0) is 37.6 Å². The molecule has 0 saturated heterocycles. The fourth-order valence-corrected chi connectivity index (χ4v) is 2.61. The molecule has 1 unspecified atom stereocenters. The lowest BCUT2D eigenvalue weighted by Crippen LogP contribution is -2.25. The van der Waals surface area contributed by atoms with Crippen LogP contribution in [0.15, 0.2) is 48.5 Å². The highest BCUT2D eigenvalue weighted by Gasteiger charge is 2.17. The second-order valence-corrected chi connectivity index (χ2v) is 6.05. The minimum absolute atomic E-state index is 0.0894. The predicted molar refractivity (Wildman–Crippen MR) is 97.1 cm³/mol. The number of nitrogens with one attached hydrogen (secondary N) is 1. The maximum atomic E-state index is 10.9. The molecular weight excluding hydrogens is 318 g/mol. The quantitative estimate of drug-likeness (QED) is 0.727. The average molecular weight is 343 g/mol. The van der Waals surface area contributed by atoms with Crippen molar-refractivity contribution in [3.05, 3.63) is 65.2 Å². The molecule has 2 aromatic carbocycles. The summed E-state index contributed by atoms with van der Waals surface area (Å²) in [6.07, 6.45) is -0.0407. The van der Waals surface area contributed by atoms with E-state index in [1.54, 1.807) is 19.2 Å². The molecule has 5 heteroatoms. The van der Waals surface area contributed by atoms with Crippen molar-refractivity contribution < 1.29 is 19.4 Å². The number of ether oxygens (including phenoxy) is 2. The molecule has 5 nitrogen and oxygen atoms in total. The first-order valence-corrected chi connectivity index (χ1v) is 8.32. The normalized spacial score (nSPS) is 12.2. The van der Waals surface area contributed by atoms with Gasteiger partial charge in [-0.2, -0.15) is 0 Å². The minimum Gasteiger partial charge on any atom is -0.496 e. The maximum Gasteiger partial charge on any atom is 0.335 e. The third kappa shape index (κ3) is 5.59. The first-order chi connectivity index (χ1) is 12.0. The smallest absolute Gasteiger partial charge is 0.335 e. The van der Waals surface area contributed by atoms with Gasteiger partial charge in [0.2, 0.25) is 0 Å². The van der Waals surface area contributed by atoms with Gasteiger partial charge in [0, 0.05) is 18.7 Å². The highest BCUT2D eigenvalue weighted by Crippen LogP contribution is 2.28. The molecule has 25 heavy (non-hydrogen) atoms. The van der Waals surface area contributed by atoms with Gasteiger partial charge < -0.3 is 19.9 Å². The lowest BCUT2D eigenvalue weighted by Gasteiger charge is -2.23. The van der Waals surface area contributed by atoms with Crippen molar-refractivity contribution in [2.45, 2.75) is 32.6 Å². The van der Waals surface area contributed by atoms with Gasteiger partial charge in [-0.1, -0.05) is 30.3 Å². The third-order valence-electron chi connectivity index (χ3n) is 3.78. The number of carbonyl (C=O) groups is 1. The average Bonchev–Trinajstić information content (AvgIpc) is 2.61. The Balaban J connectivity index is 2.01. The Labute approximate surface area is 148 Å². The second-order valence-electron chi connectivity index (χ2n) is 6.05. The Morgan fingerprint density at radius 1 is 1.12 bits per heavy atom. The summed E-state index contributed by atoms with van der Waals surface area (Å²) < 4.78 is 11.5. The molecule has 0 radical (unpaired) electrons. The van der Waals surface area contributed by atoms with E-state index in [1.165, 1.54) is 0 Å². The molecule has 2 rings (SSSR count). The van der Waals surface area contributed by atoms with Crippen LogP contribution < -0.4 is 10.1 Å². The number of hydrogen-bond acceptors (Lipinski definition) is 4. The number of methoxy groups -OCH3 is 1. The molecule has 0 amide bonds. The van der Waals surface area contributed by atoms with E-state index in [1.807, 2.05) is 50.2 Å². The lowest BCUT2D eigenvalue weighted by atomic mass is 10.1. The molecule has 2 N–H and O–H groups in total. The highest BCUT2D eigenvalue weighted by molar-refractivity contribution is 5.87. The van der Waals surface area contributed by atoms with Crippen molar-refractivity contribution in [2.75, 3.05) is 13.7 Å². The fourth-order valence-electron chi connectivity index (χ4n) is 2.61. The van der Waals surface area contributed by atoms with Crippen molar-refractivity contribution in [3.63, 3.8) is 0 Å². The summed E-state index contributed by atoms with van der Waals surface area (Å²) in [5, 5.41) is 12.3. The molecule has 0 aliphatic rings. The van der Waals surface area contributed by atoms with E-state index in [9.17, 15) is 4.79 Å². The van der Waals surface area contributed by atoms with Crippen LogP contribution in [0.2, 0.25) is 0 Å². The zero-order valence-corrected chi connectivity index (χ0v) is 14.9. The van der Waals surface area contributed by atoms with E-state index >= 15 is 0 Å². The van der Waals surface area contributed by atoms with Gasteiger partial charge in [0.05, 0.1) is 24.9 Å². The number of benzene rings is 2. The van der Waals surface area contributed by atoms with Gasteiger partial charge in [0.1, 0.15) is 5.75 Å². The van der Waals surface area contributed by atoms with Crippen LogP contribution in [0.1, 0.15) is 41.4 Å². The summed E-state index contributed by atoms with van der Waals surface area (Å²) in [6, 6.07) is 14.7. The van der Waals surface area contributed by atoms with Crippen LogP contribution in [0, 0.1) is 0 Å². The monoisotopic (exact) mass is 343 g/mol. The Bertz CT molecular complexity index is 682. The molecule has 0 aliphatic heterocycles. The largest absolute Gasteiger partial charge is 0.496 e. The topological polar surface area (TPSA) is 67.8 Å². The Morgan fingerprint density at radius 3 is 2.40 bits per heavy atom. The van der Waals surface area contributed by atoms with E-state index in [4.69, 9.17) is 14.6 Å². The summed E-state index contributed by atoms with van der Waals surface area (Å²) >= 11 is 0. The van der Waals surface area contributed by atoms with Crippen LogP contribution in [-0.4, -0.2) is 30.8 Å². The number of carboxylic acids is 1. The molecule has 0 saturated carbocycles. The fraction of sp³-hybridized carbons (Fsp3) is 0.350. The van der Waals surface area contributed by atoms with Crippen molar-refractivity contribution in [2.24, 2.45) is 0 Å². The van der Waals surface area contributed by atoms with Crippen molar-refractivity contribution in [3.8, 4) is 5.75 Å².